The van der Waals surface area contributed by atoms with Gasteiger partial charge in [0.15, 0.2) is 0 Å². The van der Waals surface area contributed by atoms with E-state index in [1.165, 1.54) is 18.4 Å². The number of para-hydroxylation sites is 2. The molecule has 2 aromatic carbocycles. The Morgan fingerprint density at radius 3 is 1.79 bits per heavy atom. The van der Waals surface area contributed by atoms with Crippen molar-refractivity contribution in [3.8, 4) is 0 Å². The highest BCUT2D eigenvalue weighted by Gasteiger charge is 1.97. The normalized spacial score (nSPS) is 10.9. The van der Waals surface area contributed by atoms with Gasteiger partial charge < -0.3 is 0 Å². The van der Waals surface area contributed by atoms with Gasteiger partial charge in [-0.15, -0.1) is 0 Å². The fourth-order valence-corrected chi connectivity index (χ4v) is 2.62. The predicted molar refractivity (Wildman–Crippen MR) is 61.8 cm³/mol. The van der Waals surface area contributed by atoms with Gasteiger partial charge in [0.1, 0.15) is 0 Å². The molecule has 1 nitrogen and oxygen atoms in total. The fraction of sp³-hybridized carbons (Fsp3) is 0. The smallest absolute Gasteiger partial charge is 0.0755 e. The van der Waals surface area contributed by atoms with Gasteiger partial charge in [-0.1, -0.05) is 32.5 Å². The molecule has 0 aliphatic heterocycles. The number of hydrogen-bond donors (Lipinski definition) is 0. The Morgan fingerprint density at radius 1 is 0.714 bits per heavy atom. The van der Waals surface area contributed by atoms with E-state index < -0.39 is 0 Å². The number of nitrogens with zero attached hydrogens (tertiary/aromatic N) is 1. The number of benzene rings is 2. The lowest BCUT2D eigenvalue weighted by atomic mass is 10.3. The van der Waals surface area contributed by atoms with Crippen LogP contribution in [0.5, 0.6) is 0 Å². The molecule has 0 N–H and O–H groups in total. The van der Waals surface area contributed by atoms with Crippen molar-refractivity contribution in [2.75, 3.05) is 0 Å². The van der Waals surface area contributed by atoms with Crippen LogP contribution in [0.1, 0.15) is 0 Å². The Labute approximate surface area is 83.5 Å². The van der Waals surface area contributed by atoms with Crippen molar-refractivity contribution in [1.82, 2.24) is 4.98 Å². The Hall–Kier alpha value is -1.46. The summed E-state index contributed by atoms with van der Waals surface area (Å²) in [6.45, 7) is 0. The molecule has 0 radical (unpaired) electrons. The zero-order chi connectivity index (χ0) is 9.38. The zero-order valence-corrected chi connectivity index (χ0v) is 8.41. The highest BCUT2D eigenvalue weighted by atomic mass is 31.0. The maximum absolute atomic E-state index is 4.60. The highest BCUT2D eigenvalue weighted by Crippen LogP contribution is 2.29. The van der Waals surface area contributed by atoms with Gasteiger partial charge in [0.05, 0.1) is 11.0 Å². The first kappa shape index (κ1) is 7.90. The van der Waals surface area contributed by atoms with E-state index in [1.807, 2.05) is 12.1 Å². The van der Waals surface area contributed by atoms with Crippen LogP contribution in [0.4, 0.5) is 0 Å². The molecular formula is C12H8NP. The van der Waals surface area contributed by atoms with Crippen LogP contribution in [0, 0.1) is 0 Å². The standard InChI is InChI=1S/C12H8NP/c1-3-7-11-9(5-1)13-10-6-2-4-8-12(10)14-11/h1-8H. The molecule has 3 rings (SSSR count). The third-order valence-electron chi connectivity index (χ3n) is 2.25. The van der Waals surface area contributed by atoms with Gasteiger partial charge in [-0.2, -0.15) is 0 Å². The van der Waals surface area contributed by atoms with Gasteiger partial charge in [0.2, 0.25) is 0 Å². The van der Waals surface area contributed by atoms with Crippen LogP contribution in [-0.4, -0.2) is 4.98 Å². The van der Waals surface area contributed by atoms with Gasteiger partial charge in [-0.25, -0.2) is 4.98 Å². The topological polar surface area (TPSA) is 12.9 Å². The van der Waals surface area contributed by atoms with E-state index in [0.29, 0.717) is 0 Å². The number of aromatic nitrogens is 1. The van der Waals surface area contributed by atoms with E-state index in [4.69, 9.17) is 0 Å². The van der Waals surface area contributed by atoms with Crippen LogP contribution in [0.15, 0.2) is 48.5 Å². The van der Waals surface area contributed by atoms with E-state index >= 15 is 0 Å². The minimum atomic E-state index is 1.10. The van der Waals surface area contributed by atoms with E-state index in [1.54, 1.807) is 0 Å². The number of rotatable bonds is 0. The largest absolute Gasteiger partial charge is 0.247 e. The molecule has 3 aromatic rings. The van der Waals surface area contributed by atoms with Crippen molar-refractivity contribution >= 4 is 29.5 Å². The van der Waals surface area contributed by atoms with E-state index in [0.717, 1.165) is 11.0 Å². The van der Waals surface area contributed by atoms with E-state index in [9.17, 15) is 0 Å². The van der Waals surface area contributed by atoms with Crippen LogP contribution < -0.4 is 0 Å². The van der Waals surface area contributed by atoms with Crippen molar-refractivity contribution in [2.24, 2.45) is 0 Å². The fourth-order valence-electron chi connectivity index (χ4n) is 1.57. The van der Waals surface area contributed by atoms with Crippen LogP contribution >= 0.6 is 8.19 Å². The highest BCUT2D eigenvalue weighted by molar-refractivity contribution is 7.42. The first-order chi connectivity index (χ1) is 6.93. The molecule has 66 valence electrons. The quantitative estimate of drug-likeness (QED) is 0.497. The summed E-state index contributed by atoms with van der Waals surface area (Å²) in [7, 11) is 1.27. The first-order valence-corrected chi connectivity index (χ1v) is 5.44. The summed E-state index contributed by atoms with van der Waals surface area (Å²) in [6.07, 6.45) is 0. The zero-order valence-electron chi connectivity index (χ0n) is 7.51. The summed E-state index contributed by atoms with van der Waals surface area (Å²) in [5.74, 6) is 0. The third kappa shape index (κ3) is 1.18. The molecule has 1 heterocycles. The summed E-state index contributed by atoms with van der Waals surface area (Å²) in [5.41, 5.74) is 2.21. The van der Waals surface area contributed by atoms with Crippen LogP contribution in [-0.2, 0) is 0 Å². The predicted octanol–water partition coefficient (Wildman–Crippen LogP) is 3.97. The lowest BCUT2D eigenvalue weighted by Gasteiger charge is -1.99. The summed E-state index contributed by atoms with van der Waals surface area (Å²) in [6, 6.07) is 16.6. The molecule has 14 heavy (non-hydrogen) atoms. The molecule has 1 aromatic heterocycles. The molecule has 0 atom stereocenters. The second-order valence-corrected chi connectivity index (χ2v) is 4.39. The van der Waals surface area contributed by atoms with Crippen LogP contribution in [0.2, 0.25) is 0 Å². The van der Waals surface area contributed by atoms with Gasteiger partial charge in [0.25, 0.3) is 0 Å². The molecule has 0 aliphatic rings. The third-order valence-corrected chi connectivity index (χ3v) is 3.48. The maximum Gasteiger partial charge on any atom is 0.0755 e. The van der Waals surface area contributed by atoms with Crippen molar-refractivity contribution in [3.05, 3.63) is 48.5 Å². The molecule has 0 amide bonds. The molecule has 0 spiro atoms. The lowest BCUT2D eigenvalue weighted by Crippen LogP contribution is -1.76. The van der Waals surface area contributed by atoms with Gasteiger partial charge in [-0.3, -0.25) is 0 Å². The van der Waals surface area contributed by atoms with Crippen molar-refractivity contribution in [1.29, 1.82) is 0 Å². The summed E-state index contributed by atoms with van der Waals surface area (Å²) >= 11 is 0. The minimum Gasteiger partial charge on any atom is -0.247 e. The second kappa shape index (κ2) is 3.04. The Bertz CT molecular complexity index is 499. The summed E-state index contributed by atoms with van der Waals surface area (Å²) in [5, 5.41) is 2.59. The monoisotopic (exact) mass is 197 g/mol. The van der Waals surface area contributed by atoms with Crippen molar-refractivity contribution in [3.63, 3.8) is 0 Å². The minimum absolute atomic E-state index is 1.10. The second-order valence-electron chi connectivity index (χ2n) is 3.20. The molecule has 0 saturated carbocycles. The molecule has 0 fully saturated rings. The van der Waals surface area contributed by atoms with E-state index in [2.05, 4.69) is 41.4 Å². The average molecular weight is 197 g/mol. The summed E-state index contributed by atoms with van der Waals surface area (Å²) < 4.78 is 0. The number of fused-ring (bicyclic) bond motifs is 2. The molecule has 0 unspecified atom stereocenters. The maximum atomic E-state index is 4.60. The van der Waals surface area contributed by atoms with Crippen molar-refractivity contribution < 1.29 is 0 Å². The average Bonchev–Trinajstić information content (AvgIpc) is 2.26. The Morgan fingerprint density at radius 2 is 1.21 bits per heavy atom. The molecule has 2 heteroatoms. The van der Waals surface area contributed by atoms with E-state index in [-0.39, 0.29) is 0 Å². The molecule has 0 bridgehead atoms. The Kier molecular flexibility index (Phi) is 1.71. The molecule has 0 aliphatic carbocycles. The van der Waals surface area contributed by atoms with Gasteiger partial charge in [-0.05, 0) is 24.3 Å². The van der Waals surface area contributed by atoms with Gasteiger partial charge in [0, 0.05) is 10.2 Å². The first-order valence-electron chi connectivity index (χ1n) is 4.55. The SMILES string of the molecule is c1ccc2pc3ccccc3nc2c1. The van der Waals surface area contributed by atoms with Crippen molar-refractivity contribution in [2.45, 2.75) is 0 Å². The van der Waals surface area contributed by atoms with Crippen LogP contribution in [0.3, 0.4) is 0 Å². The van der Waals surface area contributed by atoms with Crippen LogP contribution in [0.25, 0.3) is 21.3 Å². The summed E-state index contributed by atoms with van der Waals surface area (Å²) in [4.78, 5) is 4.60. The lowest BCUT2D eigenvalue weighted by molar-refractivity contribution is 1.52. The molecule has 0 saturated heterocycles. The number of hydrogen-bond acceptors (Lipinski definition) is 1. The molecular weight excluding hydrogens is 189 g/mol. The Balaban J connectivity index is 2.52. The van der Waals surface area contributed by atoms with Gasteiger partial charge >= 0.3 is 0 Å².